The minimum atomic E-state index is -0.574. The maximum absolute atomic E-state index is 12.7. The number of piperidine rings is 1. The molecule has 0 spiro atoms. The van der Waals surface area contributed by atoms with Crippen molar-refractivity contribution in [3.8, 4) is 17.0 Å². The van der Waals surface area contributed by atoms with Crippen LogP contribution in [0.25, 0.3) is 11.3 Å². The monoisotopic (exact) mass is 487 g/mol. The minimum absolute atomic E-state index is 0.0621. The second-order valence-electron chi connectivity index (χ2n) is 10.0. The van der Waals surface area contributed by atoms with Crippen molar-refractivity contribution in [1.29, 1.82) is 0 Å². The third-order valence-corrected chi connectivity index (χ3v) is 6.15. The number of anilines is 1. The van der Waals surface area contributed by atoms with Crippen molar-refractivity contribution < 1.29 is 19.1 Å². The van der Waals surface area contributed by atoms with Crippen LogP contribution in [0.15, 0.2) is 60.7 Å². The first-order valence-electron chi connectivity index (χ1n) is 12.2. The van der Waals surface area contributed by atoms with Gasteiger partial charge in [0.25, 0.3) is 0 Å². The number of nitrogens with two attached hydrogens (primary N) is 1. The smallest absolute Gasteiger partial charge is 0.410 e. The second-order valence-corrected chi connectivity index (χ2v) is 10.0. The molecule has 0 bridgehead atoms. The molecule has 1 aliphatic rings. The Kier molecular flexibility index (Phi) is 7.58. The first-order valence-corrected chi connectivity index (χ1v) is 12.2. The maximum Gasteiger partial charge on any atom is 0.410 e. The van der Waals surface area contributed by atoms with Gasteiger partial charge in [-0.3, -0.25) is 4.79 Å². The van der Waals surface area contributed by atoms with Gasteiger partial charge < -0.3 is 20.1 Å². The highest BCUT2D eigenvalue weighted by Crippen LogP contribution is 2.36. The summed E-state index contributed by atoms with van der Waals surface area (Å²) in [6.45, 7) is 7.04. The number of nitrogen functional groups attached to an aromatic ring is 1. The number of carbonyl (C=O) groups is 2. The number of rotatable bonds is 6. The van der Waals surface area contributed by atoms with Crippen LogP contribution in [0.2, 0.25) is 0 Å². The molecule has 3 aromatic rings. The van der Waals surface area contributed by atoms with Crippen molar-refractivity contribution in [2.24, 2.45) is 0 Å². The van der Waals surface area contributed by atoms with Gasteiger partial charge in [-0.1, -0.05) is 42.5 Å². The molecule has 1 saturated heterocycles. The number of nitrogens with zero attached hydrogens (tertiary/aromatic N) is 2. The number of ether oxygens (including phenoxy) is 2. The molecule has 1 amide bonds. The number of hydrogen-bond acceptors (Lipinski definition) is 6. The van der Waals surface area contributed by atoms with E-state index in [9.17, 15) is 9.59 Å². The summed E-state index contributed by atoms with van der Waals surface area (Å²) in [5.41, 5.74) is 9.35. The molecule has 0 aliphatic carbocycles. The Morgan fingerprint density at radius 2 is 1.86 bits per heavy atom. The van der Waals surface area contributed by atoms with Crippen LogP contribution in [-0.4, -0.2) is 41.0 Å². The van der Waals surface area contributed by atoms with E-state index < -0.39 is 5.60 Å². The average Bonchev–Trinajstić information content (AvgIpc) is 2.87. The number of amides is 1. The Morgan fingerprint density at radius 1 is 1.14 bits per heavy atom. The Balaban J connectivity index is 1.64. The predicted octanol–water partition coefficient (Wildman–Crippen LogP) is 5.84. The summed E-state index contributed by atoms with van der Waals surface area (Å²) < 4.78 is 11.7. The molecular weight excluding hydrogens is 454 g/mol. The summed E-state index contributed by atoms with van der Waals surface area (Å²) in [6, 6.07) is 19.5. The number of likely N-dealkylation sites (tertiary alicyclic amines) is 1. The lowest BCUT2D eigenvalue weighted by Crippen LogP contribution is -2.42. The molecular formula is C29H33N3O4. The van der Waals surface area contributed by atoms with Gasteiger partial charge in [0.1, 0.15) is 23.8 Å². The maximum atomic E-state index is 12.7. The number of hydrogen-bond donors (Lipinski definition) is 1. The van der Waals surface area contributed by atoms with Crippen LogP contribution < -0.4 is 10.5 Å². The quantitative estimate of drug-likeness (QED) is 0.439. The zero-order valence-corrected chi connectivity index (χ0v) is 21.1. The highest BCUT2D eigenvalue weighted by atomic mass is 16.6. The molecule has 0 saturated carbocycles. The van der Waals surface area contributed by atoms with Gasteiger partial charge in [0, 0.05) is 24.6 Å². The molecule has 2 heterocycles. The molecule has 2 aromatic carbocycles. The average molecular weight is 488 g/mol. The van der Waals surface area contributed by atoms with Crippen molar-refractivity contribution in [3.63, 3.8) is 0 Å². The zero-order chi connectivity index (χ0) is 25.7. The number of aromatic nitrogens is 1. The Bertz CT molecular complexity index is 1220. The molecule has 1 aromatic heterocycles. The lowest BCUT2D eigenvalue weighted by Gasteiger charge is -2.35. The van der Waals surface area contributed by atoms with Crippen LogP contribution in [0.5, 0.6) is 5.75 Å². The van der Waals surface area contributed by atoms with Gasteiger partial charge in [0.2, 0.25) is 0 Å². The number of aldehydes is 1. The van der Waals surface area contributed by atoms with E-state index >= 15 is 0 Å². The summed E-state index contributed by atoms with van der Waals surface area (Å²) >= 11 is 0. The minimum Gasteiger partial charge on any atom is -0.488 e. The van der Waals surface area contributed by atoms with Crippen molar-refractivity contribution in [2.75, 3.05) is 18.8 Å². The fourth-order valence-corrected chi connectivity index (χ4v) is 4.46. The van der Waals surface area contributed by atoms with Gasteiger partial charge in [-0.2, -0.15) is 0 Å². The summed E-state index contributed by atoms with van der Waals surface area (Å²) in [5, 5.41) is 0. The van der Waals surface area contributed by atoms with Crippen molar-refractivity contribution >= 4 is 18.2 Å². The summed E-state index contributed by atoms with van der Waals surface area (Å²) in [5.74, 6) is 0.787. The van der Waals surface area contributed by atoms with Gasteiger partial charge in [-0.25, -0.2) is 9.78 Å². The molecule has 0 radical (unpaired) electrons. The van der Waals surface area contributed by atoms with E-state index in [1.165, 1.54) is 0 Å². The summed E-state index contributed by atoms with van der Waals surface area (Å²) in [6.07, 6.45) is 2.04. The Morgan fingerprint density at radius 3 is 2.58 bits per heavy atom. The lowest BCUT2D eigenvalue weighted by molar-refractivity contribution is 0.0198. The first kappa shape index (κ1) is 25.2. The first-order chi connectivity index (χ1) is 17.2. The number of benzene rings is 2. The zero-order valence-electron chi connectivity index (χ0n) is 21.1. The van der Waals surface area contributed by atoms with E-state index in [1.807, 2.05) is 81.4 Å². The van der Waals surface area contributed by atoms with Gasteiger partial charge >= 0.3 is 6.09 Å². The normalized spacial score (nSPS) is 15.9. The SMILES string of the molecule is CC(C)(C)OC(=O)N1CCCC(c2cc(-c3ccccc3OCc3ccccc3)nc(N)c2C=O)C1. The Labute approximate surface area is 212 Å². The van der Waals surface area contributed by atoms with Gasteiger partial charge in [-0.05, 0) is 62.9 Å². The molecule has 36 heavy (non-hydrogen) atoms. The highest BCUT2D eigenvalue weighted by molar-refractivity contribution is 5.86. The molecule has 1 fully saturated rings. The van der Waals surface area contributed by atoms with Crippen LogP contribution in [-0.2, 0) is 11.3 Å². The van der Waals surface area contributed by atoms with Crippen LogP contribution in [0.1, 0.15) is 61.0 Å². The third-order valence-electron chi connectivity index (χ3n) is 6.15. The van der Waals surface area contributed by atoms with Crippen molar-refractivity contribution in [3.05, 3.63) is 77.4 Å². The van der Waals surface area contributed by atoms with E-state index in [1.54, 1.807) is 4.90 Å². The fraction of sp³-hybridized carbons (Fsp3) is 0.345. The molecule has 1 atom stereocenters. The lowest BCUT2D eigenvalue weighted by atomic mass is 9.87. The van der Waals surface area contributed by atoms with Gasteiger partial charge in [0.15, 0.2) is 6.29 Å². The fourth-order valence-electron chi connectivity index (χ4n) is 4.46. The van der Waals surface area contributed by atoms with E-state index in [0.29, 0.717) is 36.7 Å². The van der Waals surface area contributed by atoms with Crippen LogP contribution >= 0.6 is 0 Å². The van der Waals surface area contributed by atoms with Crippen LogP contribution in [0.4, 0.5) is 10.6 Å². The summed E-state index contributed by atoms with van der Waals surface area (Å²) in [7, 11) is 0. The van der Waals surface area contributed by atoms with Gasteiger partial charge in [0.05, 0.1) is 11.3 Å². The molecule has 188 valence electrons. The van der Waals surface area contributed by atoms with Crippen molar-refractivity contribution in [1.82, 2.24) is 9.88 Å². The molecule has 1 aliphatic heterocycles. The van der Waals surface area contributed by atoms with E-state index in [-0.39, 0.29) is 17.8 Å². The molecule has 2 N–H and O–H groups in total. The number of para-hydroxylation sites is 1. The molecule has 1 unspecified atom stereocenters. The topological polar surface area (TPSA) is 94.8 Å². The van der Waals surface area contributed by atoms with Crippen molar-refractivity contribution in [2.45, 2.75) is 51.7 Å². The van der Waals surface area contributed by atoms with Crippen LogP contribution in [0.3, 0.4) is 0 Å². The number of pyridine rings is 1. The van der Waals surface area contributed by atoms with Gasteiger partial charge in [-0.15, -0.1) is 0 Å². The second kappa shape index (κ2) is 10.8. The van der Waals surface area contributed by atoms with E-state index in [2.05, 4.69) is 4.98 Å². The predicted molar refractivity (Wildman–Crippen MR) is 140 cm³/mol. The third kappa shape index (κ3) is 6.03. The standard InChI is InChI=1S/C29H33N3O4/c1-29(2,3)36-28(34)32-15-9-12-21(17-32)23-16-25(31-27(30)24(23)18-33)22-13-7-8-14-26(22)35-19-20-10-5-4-6-11-20/h4-8,10-11,13-14,16,18,21H,9,12,15,17,19H2,1-3H3,(H2,30,31). The van der Waals surface area contributed by atoms with Crippen LogP contribution in [0, 0.1) is 0 Å². The Hall–Kier alpha value is -3.87. The largest absolute Gasteiger partial charge is 0.488 e. The van der Waals surface area contributed by atoms with E-state index in [4.69, 9.17) is 15.2 Å². The number of carbonyl (C=O) groups excluding carboxylic acids is 2. The van der Waals surface area contributed by atoms with E-state index in [0.717, 1.165) is 35.8 Å². The molecule has 7 heteroatoms. The molecule has 7 nitrogen and oxygen atoms in total. The highest BCUT2D eigenvalue weighted by Gasteiger charge is 2.30. The molecule has 4 rings (SSSR count). The summed E-state index contributed by atoms with van der Waals surface area (Å²) in [4.78, 5) is 31.0.